The third-order valence-corrected chi connectivity index (χ3v) is 3.44. The van der Waals surface area contributed by atoms with Crippen molar-refractivity contribution in [3.8, 4) is 5.88 Å². The van der Waals surface area contributed by atoms with Crippen molar-refractivity contribution in [1.29, 1.82) is 0 Å². The normalized spacial score (nSPS) is 14.9. The lowest BCUT2D eigenvalue weighted by atomic mass is 10.0. The zero-order valence-corrected chi connectivity index (χ0v) is 12.6. The molecular formula is C16H15F3N4O. The van der Waals surface area contributed by atoms with Crippen LogP contribution in [0.25, 0.3) is 5.57 Å². The van der Waals surface area contributed by atoms with E-state index in [0.717, 1.165) is 31.1 Å². The molecule has 126 valence electrons. The van der Waals surface area contributed by atoms with E-state index in [1.54, 1.807) is 6.20 Å². The molecular weight excluding hydrogens is 321 g/mol. The molecule has 8 heteroatoms. The maximum Gasteiger partial charge on any atom is 0.574 e. The maximum absolute atomic E-state index is 12.1. The van der Waals surface area contributed by atoms with Crippen LogP contribution in [0.2, 0.25) is 0 Å². The van der Waals surface area contributed by atoms with Gasteiger partial charge in [-0.05, 0) is 36.7 Å². The Labute approximate surface area is 136 Å². The first kappa shape index (κ1) is 16.3. The second-order valence-corrected chi connectivity index (χ2v) is 5.14. The number of ether oxygens (including phenoxy) is 1. The average Bonchev–Trinajstić information content (AvgIpc) is 2.57. The van der Waals surface area contributed by atoms with Crippen molar-refractivity contribution in [3.63, 3.8) is 0 Å². The lowest BCUT2D eigenvalue weighted by molar-refractivity contribution is -0.276. The molecule has 2 aromatic heterocycles. The Bertz CT molecular complexity index is 729. The lowest BCUT2D eigenvalue weighted by Crippen LogP contribution is -2.20. The van der Waals surface area contributed by atoms with Crippen molar-refractivity contribution >= 4 is 17.1 Å². The summed E-state index contributed by atoms with van der Waals surface area (Å²) in [5, 5.41) is 6.33. The first-order chi connectivity index (χ1) is 11.5. The summed E-state index contributed by atoms with van der Waals surface area (Å²) in [7, 11) is 0. The Morgan fingerprint density at radius 3 is 2.71 bits per heavy atom. The number of halogens is 3. The van der Waals surface area contributed by atoms with Crippen LogP contribution in [-0.2, 0) is 0 Å². The van der Waals surface area contributed by atoms with Gasteiger partial charge >= 0.3 is 6.36 Å². The zero-order chi connectivity index (χ0) is 17.0. The van der Waals surface area contributed by atoms with Crippen molar-refractivity contribution < 1.29 is 17.9 Å². The third-order valence-electron chi connectivity index (χ3n) is 3.44. The summed E-state index contributed by atoms with van der Waals surface area (Å²) in [6.07, 6.45) is 1.16. The molecule has 1 aliphatic rings. The summed E-state index contributed by atoms with van der Waals surface area (Å²) >= 11 is 0. The van der Waals surface area contributed by atoms with Gasteiger partial charge in [0.1, 0.15) is 5.82 Å². The number of nitrogens with zero attached hydrogens (tertiary/aromatic N) is 2. The smallest absolute Gasteiger partial charge is 0.388 e. The summed E-state index contributed by atoms with van der Waals surface area (Å²) in [5.41, 5.74) is 2.67. The molecule has 0 radical (unpaired) electrons. The number of pyridine rings is 2. The zero-order valence-electron chi connectivity index (χ0n) is 12.6. The minimum absolute atomic E-state index is 0.504. The fourth-order valence-corrected chi connectivity index (χ4v) is 2.40. The van der Waals surface area contributed by atoms with Gasteiger partial charge in [0, 0.05) is 24.4 Å². The molecule has 0 unspecified atom stereocenters. The van der Waals surface area contributed by atoms with Gasteiger partial charge in [0.2, 0.25) is 5.88 Å². The second-order valence-electron chi connectivity index (χ2n) is 5.14. The molecule has 0 saturated carbocycles. The van der Waals surface area contributed by atoms with Crippen LogP contribution < -0.4 is 15.4 Å². The minimum Gasteiger partial charge on any atom is -0.388 e. The highest BCUT2D eigenvalue weighted by atomic mass is 19.4. The highest BCUT2D eigenvalue weighted by molar-refractivity contribution is 5.77. The molecule has 0 atom stereocenters. The van der Waals surface area contributed by atoms with Crippen LogP contribution in [0.3, 0.4) is 0 Å². The van der Waals surface area contributed by atoms with Crippen molar-refractivity contribution in [2.24, 2.45) is 0 Å². The standard InChI is InChI=1S/C16H15F3N4O/c17-16(18,19)24-14-4-3-12(10-22-14)23-15-13(2-1-7-21-15)11-5-8-20-9-6-11/h1-5,7,10,20H,6,8-9H2,(H,21,23). The number of aromatic nitrogens is 2. The van der Waals surface area contributed by atoms with Crippen LogP contribution in [0, 0.1) is 0 Å². The van der Waals surface area contributed by atoms with E-state index in [1.165, 1.54) is 17.8 Å². The number of rotatable bonds is 4. The molecule has 0 aromatic carbocycles. The number of alkyl halides is 3. The van der Waals surface area contributed by atoms with Gasteiger partial charge in [-0.2, -0.15) is 0 Å². The Morgan fingerprint density at radius 1 is 1.17 bits per heavy atom. The largest absolute Gasteiger partial charge is 0.574 e. The van der Waals surface area contributed by atoms with E-state index in [0.29, 0.717) is 11.5 Å². The summed E-state index contributed by atoms with van der Waals surface area (Å²) in [6, 6.07) is 6.43. The van der Waals surface area contributed by atoms with E-state index >= 15 is 0 Å². The highest BCUT2D eigenvalue weighted by Crippen LogP contribution is 2.28. The summed E-state index contributed by atoms with van der Waals surface area (Å²) in [6.45, 7) is 1.69. The second kappa shape index (κ2) is 6.88. The Balaban J connectivity index is 1.78. The molecule has 3 heterocycles. The van der Waals surface area contributed by atoms with Crippen LogP contribution >= 0.6 is 0 Å². The van der Waals surface area contributed by atoms with Gasteiger partial charge in [-0.3, -0.25) is 0 Å². The molecule has 0 fully saturated rings. The predicted molar refractivity (Wildman–Crippen MR) is 83.9 cm³/mol. The van der Waals surface area contributed by atoms with E-state index in [1.807, 2.05) is 12.1 Å². The SMILES string of the molecule is FC(F)(F)Oc1ccc(Nc2ncccc2C2=CCNCC2)cn1. The molecule has 2 aromatic rings. The van der Waals surface area contributed by atoms with Crippen LogP contribution in [-0.4, -0.2) is 29.4 Å². The molecule has 0 saturated heterocycles. The van der Waals surface area contributed by atoms with E-state index in [-0.39, 0.29) is 0 Å². The predicted octanol–water partition coefficient (Wildman–Crippen LogP) is 3.50. The molecule has 0 bridgehead atoms. The van der Waals surface area contributed by atoms with Crippen molar-refractivity contribution in [1.82, 2.24) is 15.3 Å². The Kier molecular flexibility index (Phi) is 4.66. The Morgan fingerprint density at radius 2 is 2.04 bits per heavy atom. The summed E-state index contributed by atoms with van der Waals surface area (Å²) in [4.78, 5) is 7.96. The number of anilines is 2. The van der Waals surface area contributed by atoms with Crippen LogP contribution in [0.1, 0.15) is 12.0 Å². The van der Waals surface area contributed by atoms with Crippen molar-refractivity contribution in [2.45, 2.75) is 12.8 Å². The molecule has 2 N–H and O–H groups in total. The maximum atomic E-state index is 12.1. The van der Waals surface area contributed by atoms with Gasteiger partial charge < -0.3 is 15.4 Å². The minimum atomic E-state index is -4.75. The van der Waals surface area contributed by atoms with E-state index in [9.17, 15) is 13.2 Å². The molecule has 5 nitrogen and oxygen atoms in total. The summed E-state index contributed by atoms with van der Waals surface area (Å²) in [5.74, 6) is 0.132. The van der Waals surface area contributed by atoms with Gasteiger partial charge in [-0.15, -0.1) is 13.2 Å². The molecule has 0 aliphatic carbocycles. The molecule has 0 spiro atoms. The van der Waals surface area contributed by atoms with Crippen LogP contribution in [0.5, 0.6) is 5.88 Å². The van der Waals surface area contributed by atoms with E-state index < -0.39 is 12.2 Å². The van der Waals surface area contributed by atoms with Gasteiger partial charge in [0.25, 0.3) is 0 Å². The summed E-state index contributed by atoms with van der Waals surface area (Å²) < 4.78 is 40.2. The van der Waals surface area contributed by atoms with Gasteiger partial charge in [-0.1, -0.05) is 6.08 Å². The number of hydrogen-bond donors (Lipinski definition) is 2. The third kappa shape index (κ3) is 4.23. The molecule has 3 rings (SSSR count). The van der Waals surface area contributed by atoms with Gasteiger partial charge in [-0.25, -0.2) is 9.97 Å². The monoisotopic (exact) mass is 336 g/mol. The highest BCUT2D eigenvalue weighted by Gasteiger charge is 2.31. The number of nitrogens with one attached hydrogen (secondary N) is 2. The van der Waals surface area contributed by atoms with Crippen molar-refractivity contribution in [3.05, 3.63) is 48.3 Å². The fraction of sp³-hybridized carbons (Fsp3) is 0.250. The first-order valence-corrected chi connectivity index (χ1v) is 7.35. The average molecular weight is 336 g/mol. The van der Waals surface area contributed by atoms with E-state index in [2.05, 4.69) is 31.4 Å². The Hall–Kier alpha value is -2.61. The van der Waals surface area contributed by atoms with Crippen LogP contribution in [0.4, 0.5) is 24.7 Å². The molecule has 24 heavy (non-hydrogen) atoms. The van der Waals surface area contributed by atoms with Gasteiger partial charge in [0.05, 0.1) is 11.9 Å². The quantitative estimate of drug-likeness (QED) is 0.895. The number of hydrogen-bond acceptors (Lipinski definition) is 5. The molecule has 0 amide bonds. The first-order valence-electron chi connectivity index (χ1n) is 7.35. The van der Waals surface area contributed by atoms with Crippen LogP contribution in [0.15, 0.2) is 42.7 Å². The lowest BCUT2D eigenvalue weighted by Gasteiger charge is -2.17. The fourth-order valence-electron chi connectivity index (χ4n) is 2.40. The van der Waals surface area contributed by atoms with E-state index in [4.69, 9.17) is 0 Å². The topological polar surface area (TPSA) is 59.1 Å². The van der Waals surface area contributed by atoms with Gasteiger partial charge in [0.15, 0.2) is 0 Å². The molecule has 1 aliphatic heterocycles. The van der Waals surface area contributed by atoms with Crippen molar-refractivity contribution in [2.75, 3.05) is 18.4 Å².